The highest BCUT2D eigenvalue weighted by atomic mass is 17.0. The lowest BCUT2D eigenvalue weighted by molar-refractivity contribution is -1.26. The van der Waals surface area contributed by atoms with Gasteiger partial charge >= 0.3 is 0 Å². The van der Waals surface area contributed by atoms with Crippen LogP contribution in [-0.2, 0) is 19.1 Å². The Labute approximate surface area is 66.9 Å². The van der Waals surface area contributed by atoms with Crippen molar-refractivity contribution in [2.24, 2.45) is 0 Å². The van der Waals surface area contributed by atoms with E-state index in [0.29, 0.717) is 13.5 Å². The van der Waals surface area contributed by atoms with Crippen LogP contribution in [0.5, 0.6) is 0 Å². The highest BCUT2D eigenvalue weighted by Gasteiger charge is 2.29. The van der Waals surface area contributed by atoms with E-state index in [1.807, 2.05) is 0 Å². The van der Waals surface area contributed by atoms with E-state index < -0.39 is 0 Å². The molecule has 0 spiro atoms. The van der Waals surface area contributed by atoms with Crippen molar-refractivity contribution < 1.29 is 24.0 Å². The smallest absolute Gasteiger partial charge is 0.247 e. The fourth-order valence-electron chi connectivity index (χ4n) is 0.716. The van der Waals surface area contributed by atoms with E-state index in [-0.39, 0.29) is 4.81 Å². The third-order valence-electron chi connectivity index (χ3n) is 1.32. The predicted molar refractivity (Wildman–Crippen MR) is 38.0 cm³/mol. The lowest BCUT2D eigenvalue weighted by Gasteiger charge is -2.27. The quantitative estimate of drug-likeness (QED) is 0.319. The Hall–Kier alpha value is -0.200. The lowest BCUT2D eigenvalue weighted by Crippen LogP contribution is -2.48. The zero-order chi connectivity index (χ0) is 8.74. The second kappa shape index (κ2) is 5.45. The van der Waals surface area contributed by atoms with Crippen LogP contribution in [0.3, 0.4) is 0 Å². The molecule has 0 unspecified atom stereocenters. The Kier molecular flexibility index (Phi) is 5.35. The second-order valence-corrected chi connectivity index (χ2v) is 2.02. The van der Waals surface area contributed by atoms with Gasteiger partial charge in [-0.1, -0.05) is 0 Å². The summed E-state index contributed by atoms with van der Waals surface area (Å²) in [6.45, 7) is 0.585. The van der Waals surface area contributed by atoms with Crippen molar-refractivity contribution in [3.63, 3.8) is 0 Å². The molecule has 0 rings (SSSR count). The van der Waals surface area contributed by atoms with Gasteiger partial charge in [0.2, 0.25) is 13.5 Å². The fraction of sp³-hybridized carbons (Fsp3) is 1.00. The zero-order valence-electron chi connectivity index (χ0n) is 7.49. The molecule has 5 heteroatoms. The first kappa shape index (κ1) is 10.8. The number of hydrogen-bond acceptors (Lipinski definition) is 4. The summed E-state index contributed by atoms with van der Waals surface area (Å²) in [6.07, 6.45) is 0. The normalized spacial score (nSPS) is 12.0. The molecule has 0 N–H and O–H groups in total. The van der Waals surface area contributed by atoms with Crippen LogP contribution in [0.15, 0.2) is 0 Å². The molecule has 0 aromatic carbocycles. The Morgan fingerprint density at radius 1 is 0.818 bits per heavy atom. The summed E-state index contributed by atoms with van der Waals surface area (Å²) in [5.74, 6) is 0. The minimum atomic E-state index is -0.118. The zero-order valence-corrected chi connectivity index (χ0v) is 7.49. The molecular formula is C6H16NO4+. The number of methoxy groups -OCH3 is 2. The molecule has 0 bridgehead atoms. The molecule has 68 valence electrons. The van der Waals surface area contributed by atoms with Crippen LogP contribution < -0.4 is 0 Å². The van der Waals surface area contributed by atoms with Crippen LogP contribution in [0.1, 0.15) is 0 Å². The van der Waals surface area contributed by atoms with E-state index in [2.05, 4.69) is 0 Å². The summed E-state index contributed by atoms with van der Waals surface area (Å²) in [6, 6.07) is 0. The molecule has 0 amide bonds. The summed E-state index contributed by atoms with van der Waals surface area (Å²) in [5, 5.41) is 0. The van der Waals surface area contributed by atoms with Gasteiger partial charge < -0.3 is 9.47 Å². The number of quaternary nitrogens is 1. The molecule has 0 heterocycles. The molecule has 0 saturated carbocycles. The van der Waals surface area contributed by atoms with Crippen LogP contribution in [-0.4, -0.2) is 46.7 Å². The van der Waals surface area contributed by atoms with E-state index in [9.17, 15) is 0 Å². The van der Waals surface area contributed by atoms with Crippen molar-refractivity contribution in [3.05, 3.63) is 0 Å². The van der Waals surface area contributed by atoms with Crippen molar-refractivity contribution in [1.29, 1.82) is 0 Å². The standard InChI is InChI=1S/C6H16NO4/c1-8-5-7(10-3,11-4)6-9-2/h5-6H2,1-4H3/q+1. The molecule has 0 radical (unpaired) electrons. The van der Waals surface area contributed by atoms with Crippen LogP contribution in [0, 0.1) is 0 Å². The third kappa shape index (κ3) is 3.13. The molecule has 11 heavy (non-hydrogen) atoms. The average Bonchev–Trinajstić information content (AvgIpc) is 2.04. The van der Waals surface area contributed by atoms with E-state index in [1.165, 1.54) is 14.2 Å². The van der Waals surface area contributed by atoms with Crippen molar-refractivity contribution in [3.8, 4) is 0 Å². The number of hydroxylamine groups is 4. The molecule has 0 atom stereocenters. The maximum absolute atomic E-state index is 5.03. The molecule has 0 aliphatic heterocycles. The van der Waals surface area contributed by atoms with Gasteiger partial charge in [-0.05, 0) is 0 Å². The van der Waals surface area contributed by atoms with Crippen LogP contribution in [0.2, 0.25) is 0 Å². The second-order valence-electron chi connectivity index (χ2n) is 2.02. The van der Waals surface area contributed by atoms with Gasteiger partial charge in [0, 0.05) is 19.0 Å². The van der Waals surface area contributed by atoms with Gasteiger partial charge in [-0.25, -0.2) is 0 Å². The number of nitrogens with zero attached hydrogens (tertiary/aromatic N) is 1. The van der Waals surface area contributed by atoms with Crippen LogP contribution >= 0.6 is 0 Å². The summed E-state index contributed by atoms with van der Waals surface area (Å²) in [7, 11) is 6.20. The number of rotatable bonds is 6. The average molecular weight is 166 g/mol. The van der Waals surface area contributed by atoms with Gasteiger partial charge in [-0.2, -0.15) is 9.68 Å². The lowest BCUT2D eigenvalue weighted by atomic mass is 11.0. The van der Waals surface area contributed by atoms with Crippen molar-refractivity contribution in [1.82, 2.24) is 0 Å². The first-order valence-corrected chi connectivity index (χ1v) is 3.21. The van der Waals surface area contributed by atoms with Crippen LogP contribution in [0.25, 0.3) is 0 Å². The summed E-state index contributed by atoms with van der Waals surface area (Å²) >= 11 is 0. The molecule has 0 aliphatic rings. The van der Waals surface area contributed by atoms with Gasteiger partial charge in [0.25, 0.3) is 0 Å². The van der Waals surface area contributed by atoms with Gasteiger partial charge in [0.15, 0.2) is 0 Å². The molecule has 0 saturated heterocycles. The SMILES string of the molecule is COC[N+](COC)(OC)OC. The van der Waals surface area contributed by atoms with Gasteiger partial charge in [0.05, 0.1) is 14.2 Å². The van der Waals surface area contributed by atoms with E-state index >= 15 is 0 Å². The van der Waals surface area contributed by atoms with Crippen molar-refractivity contribution in [2.45, 2.75) is 0 Å². The van der Waals surface area contributed by atoms with E-state index in [1.54, 1.807) is 14.2 Å². The van der Waals surface area contributed by atoms with Crippen molar-refractivity contribution >= 4 is 0 Å². The molecular weight excluding hydrogens is 150 g/mol. The largest absolute Gasteiger partial charge is 0.330 e. The number of ether oxygens (including phenoxy) is 2. The Morgan fingerprint density at radius 2 is 1.18 bits per heavy atom. The molecule has 5 nitrogen and oxygen atoms in total. The molecule has 0 aromatic heterocycles. The van der Waals surface area contributed by atoms with Gasteiger partial charge in [-0.15, -0.1) is 0 Å². The molecule has 0 aliphatic carbocycles. The highest BCUT2D eigenvalue weighted by molar-refractivity contribution is 3.97. The number of hydrogen-bond donors (Lipinski definition) is 0. The Morgan fingerprint density at radius 3 is 1.36 bits per heavy atom. The van der Waals surface area contributed by atoms with E-state index in [0.717, 1.165) is 0 Å². The maximum atomic E-state index is 5.03. The predicted octanol–water partition coefficient (Wildman–Crippen LogP) is 0.134. The topological polar surface area (TPSA) is 36.9 Å². The van der Waals surface area contributed by atoms with Gasteiger partial charge in [-0.3, -0.25) is 0 Å². The summed E-state index contributed by atoms with van der Waals surface area (Å²) < 4.78 is 9.77. The third-order valence-corrected chi connectivity index (χ3v) is 1.32. The maximum Gasteiger partial charge on any atom is 0.247 e. The Balaban J connectivity index is 3.96. The monoisotopic (exact) mass is 166 g/mol. The summed E-state index contributed by atoms with van der Waals surface area (Å²) in [5.41, 5.74) is 0. The minimum Gasteiger partial charge on any atom is -0.330 e. The summed E-state index contributed by atoms with van der Waals surface area (Å²) in [4.78, 5) is 9.95. The van der Waals surface area contributed by atoms with E-state index in [4.69, 9.17) is 19.1 Å². The molecule has 0 fully saturated rings. The minimum absolute atomic E-state index is 0.118. The van der Waals surface area contributed by atoms with Crippen LogP contribution in [0.4, 0.5) is 0 Å². The fourth-order valence-corrected chi connectivity index (χ4v) is 0.716. The highest BCUT2D eigenvalue weighted by Crippen LogP contribution is 2.06. The van der Waals surface area contributed by atoms with Gasteiger partial charge in [0.1, 0.15) is 0 Å². The van der Waals surface area contributed by atoms with Crippen molar-refractivity contribution in [2.75, 3.05) is 41.9 Å². The first-order chi connectivity index (χ1) is 5.24. The molecule has 0 aromatic rings. The first-order valence-electron chi connectivity index (χ1n) is 3.21. The Bertz CT molecular complexity index is 86.6.